The van der Waals surface area contributed by atoms with E-state index in [0.29, 0.717) is 33.9 Å². The highest BCUT2D eigenvalue weighted by molar-refractivity contribution is 7.18. The summed E-state index contributed by atoms with van der Waals surface area (Å²) in [4.78, 5) is 53.6. The van der Waals surface area contributed by atoms with Crippen LogP contribution in [0.4, 0.5) is 4.79 Å². The summed E-state index contributed by atoms with van der Waals surface area (Å²) in [6, 6.07) is 0. The van der Waals surface area contributed by atoms with E-state index < -0.39 is 28.8 Å². The number of aromatic nitrogens is 2. The van der Waals surface area contributed by atoms with Crippen molar-refractivity contribution in [3.63, 3.8) is 0 Å². The summed E-state index contributed by atoms with van der Waals surface area (Å²) in [5.41, 5.74) is -1.28. The van der Waals surface area contributed by atoms with Gasteiger partial charge in [0.25, 0.3) is 11.5 Å². The Bertz CT molecular complexity index is 1330. The van der Waals surface area contributed by atoms with Crippen LogP contribution in [0.2, 0.25) is 0 Å². The van der Waals surface area contributed by atoms with Gasteiger partial charge in [-0.1, -0.05) is 0 Å². The maximum atomic E-state index is 13.5. The zero-order valence-electron chi connectivity index (χ0n) is 23.4. The number of carbonyl (C=O) groups excluding carboxylic acids is 1. The molecular weight excluding hydrogens is 528 g/mol. The Kier molecular flexibility index (Phi) is 9.97. The molecule has 12 nitrogen and oxygen atoms in total. The molecule has 0 aliphatic carbocycles. The van der Waals surface area contributed by atoms with Crippen molar-refractivity contribution < 1.29 is 28.9 Å². The van der Waals surface area contributed by atoms with Crippen molar-refractivity contribution in [2.24, 2.45) is 0 Å². The van der Waals surface area contributed by atoms with Crippen molar-refractivity contribution in [3.05, 3.63) is 43.6 Å². The largest absolute Gasteiger partial charge is 0.501 e. The molecule has 2 amide bonds. The van der Waals surface area contributed by atoms with E-state index in [2.05, 4.69) is 0 Å². The topological polar surface area (TPSA) is 133 Å². The molecule has 1 atom stereocenters. The minimum Gasteiger partial charge on any atom is -0.501 e. The molecule has 2 aromatic heterocycles. The van der Waals surface area contributed by atoms with E-state index in [9.17, 15) is 24.3 Å². The molecule has 1 fully saturated rings. The molecule has 3 heterocycles. The Labute approximate surface area is 230 Å². The van der Waals surface area contributed by atoms with Gasteiger partial charge in [-0.3, -0.25) is 18.7 Å². The van der Waals surface area contributed by atoms with E-state index in [-0.39, 0.29) is 32.3 Å². The SMILES string of the molecule is CCOC=CC(=O)N(Cc1sc2c(c1C)c(=O)n(CCOC)c(=O)n2CC1CCCO1)N(C(=O)O)C(C)(C)C. The van der Waals surface area contributed by atoms with Crippen LogP contribution < -0.4 is 11.2 Å². The van der Waals surface area contributed by atoms with Crippen LogP contribution in [0.3, 0.4) is 0 Å². The molecule has 39 heavy (non-hydrogen) atoms. The first-order valence-corrected chi connectivity index (χ1v) is 13.7. The second-order valence-corrected chi connectivity index (χ2v) is 11.3. The molecule has 1 unspecified atom stereocenters. The third kappa shape index (κ3) is 6.71. The number of amides is 2. The fourth-order valence-corrected chi connectivity index (χ4v) is 5.83. The highest BCUT2D eigenvalue weighted by Crippen LogP contribution is 2.31. The summed E-state index contributed by atoms with van der Waals surface area (Å²) in [6.07, 6.45) is 2.62. The smallest absolute Gasteiger partial charge is 0.426 e. The molecule has 3 rings (SSSR count). The Morgan fingerprint density at radius 3 is 2.54 bits per heavy atom. The van der Waals surface area contributed by atoms with Gasteiger partial charge in [-0.2, -0.15) is 0 Å². The van der Waals surface area contributed by atoms with Crippen LogP contribution in [-0.4, -0.2) is 74.8 Å². The van der Waals surface area contributed by atoms with Gasteiger partial charge in [0.15, 0.2) is 0 Å². The predicted molar refractivity (Wildman–Crippen MR) is 147 cm³/mol. The van der Waals surface area contributed by atoms with Crippen molar-refractivity contribution in [2.75, 3.05) is 26.9 Å². The van der Waals surface area contributed by atoms with E-state index in [1.165, 1.54) is 30.8 Å². The number of carboxylic acid groups (broad SMARTS) is 1. The first kappa shape index (κ1) is 30.4. The summed E-state index contributed by atoms with van der Waals surface area (Å²) < 4.78 is 18.8. The minimum absolute atomic E-state index is 0.0872. The van der Waals surface area contributed by atoms with Crippen LogP contribution in [0.1, 0.15) is 51.0 Å². The number of hydrogen-bond donors (Lipinski definition) is 1. The van der Waals surface area contributed by atoms with E-state index in [4.69, 9.17) is 14.2 Å². The summed E-state index contributed by atoms with van der Waals surface area (Å²) in [5.74, 6) is -0.605. The first-order chi connectivity index (χ1) is 18.4. The highest BCUT2D eigenvalue weighted by Gasteiger charge is 2.35. The molecule has 0 saturated carbocycles. The van der Waals surface area contributed by atoms with Crippen LogP contribution in [-0.2, 0) is 38.6 Å². The third-order valence-corrected chi connectivity index (χ3v) is 7.70. The molecule has 1 saturated heterocycles. The van der Waals surface area contributed by atoms with Crippen LogP contribution in [0.5, 0.6) is 0 Å². The molecular formula is C26H38N4O8S. The van der Waals surface area contributed by atoms with Crippen molar-refractivity contribution in [1.29, 1.82) is 0 Å². The maximum Gasteiger partial charge on any atom is 0.426 e. The van der Waals surface area contributed by atoms with E-state index in [1.807, 2.05) is 0 Å². The Balaban J connectivity index is 2.19. The van der Waals surface area contributed by atoms with Crippen molar-refractivity contribution in [1.82, 2.24) is 19.2 Å². The molecule has 1 N–H and O–H groups in total. The quantitative estimate of drug-likeness (QED) is 0.264. The summed E-state index contributed by atoms with van der Waals surface area (Å²) in [7, 11) is 1.50. The predicted octanol–water partition coefficient (Wildman–Crippen LogP) is 2.93. The van der Waals surface area contributed by atoms with Gasteiger partial charge in [0.1, 0.15) is 4.83 Å². The number of rotatable bonds is 10. The zero-order valence-corrected chi connectivity index (χ0v) is 24.2. The van der Waals surface area contributed by atoms with Crippen LogP contribution in [0.25, 0.3) is 10.2 Å². The molecule has 0 radical (unpaired) electrons. The summed E-state index contributed by atoms with van der Waals surface area (Å²) in [5, 5.41) is 12.5. The second-order valence-electron chi connectivity index (χ2n) is 10.2. The van der Waals surface area contributed by atoms with E-state index in [0.717, 1.165) is 27.4 Å². The Hall–Kier alpha value is -3.16. The summed E-state index contributed by atoms with van der Waals surface area (Å²) in [6.45, 7) is 9.94. The molecule has 0 spiro atoms. The van der Waals surface area contributed by atoms with Crippen molar-refractivity contribution in [3.8, 4) is 0 Å². The normalized spacial score (nSPS) is 15.8. The monoisotopic (exact) mass is 566 g/mol. The molecule has 2 aromatic rings. The number of hydrazine groups is 1. The maximum absolute atomic E-state index is 13.5. The number of ether oxygens (including phenoxy) is 3. The van der Waals surface area contributed by atoms with Crippen molar-refractivity contribution in [2.45, 2.75) is 78.7 Å². The van der Waals surface area contributed by atoms with Gasteiger partial charge >= 0.3 is 11.8 Å². The number of methoxy groups -OCH3 is 1. The first-order valence-electron chi connectivity index (χ1n) is 12.9. The highest BCUT2D eigenvalue weighted by atomic mass is 32.1. The molecule has 1 aliphatic rings. The van der Waals surface area contributed by atoms with Gasteiger partial charge in [0.05, 0.1) is 56.1 Å². The fourth-order valence-electron chi connectivity index (χ4n) is 4.55. The van der Waals surface area contributed by atoms with Gasteiger partial charge in [0, 0.05) is 24.7 Å². The fraction of sp³-hybridized carbons (Fsp3) is 0.615. The van der Waals surface area contributed by atoms with Gasteiger partial charge < -0.3 is 19.3 Å². The lowest BCUT2D eigenvalue weighted by atomic mass is 10.1. The lowest BCUT2D eigenvalue weighted by Crippen LogP contribution is -2.57. The van der Waals surface area contributed by atoms with Gasteiger partial charge in [0.2, 0.25) is 0 Å². The van der Waals surface area contributed by atoms with Crippen LogP contribution in [0.15, 0.2) is 21.9 Å². The third-order valence-electron chi connectivity index (χ3n) is 6.40. The Morgan fingerprint density at radius 1 is 1.26 bits per heavy atom. The average molecular weight is 567 g/mol. The number of hydrogen-bond acceptors (Lipinski definition) is 8. The molecule has 216 valence electrons. The van der Waals surface area contributed by atoms with Gasteiger partial charge in [-0.15, -0.1) is 11.3 Å². The number of carbonyl (C=O) groups is 2. The molecule has 0 aromatic carbocycles. The van der Waals surface area contributed by atoms with Gasteiger partial charge in [-0.05, 0) is 53.0 Å². The van der Waals surface area contributed by atoms with Crippen LogP contribution >= 0.6 is 11.3 Å². The minimum atomic E-state index is -1.31. The number of nitrogens with zero attached hydrogens (tertiary/aromatic N) is 4. The number of thiophene rings is 1. The average Bonchev–Trinajstić information content (AvgIpc) is 3.48. The lowest BCUT2D eigenvalue weighted by molar-refractivity contribution is -0.149. The Morgan fingerprint density at radius 2 is 1.97 bits per heavy atom. The lowest BCUT2D eigenvalue weighted by Gasteiger charge is -2.40. The standard InChI is InChI=1S/C26H38N4O8S/c1-7-37-13-10-20(31)29(30(25(34)35)26(3,4)5)16-19-17(2)21-22(32)27(11-14-36-6)24(33)28(23(21)39-19)15-18-9-8-12-38-18/h10,13,18H,7-9,11-12,14-16H2,1-6H3,(H,34,35). The van der Waals surface area contributed by atoms with E-state index in [1.54, 1.807) is 39.2 Å². The van der Waals surface area contributed by atoms with Crippen molar-refractivity contribution >= 4 is 33.6 Å². The number of fused-ring (bicyclic) bond motifs is 1. The van der Waals surface area contributed by atoms with E-state index >= 15 is 0 Å². The summed E-state index contributed by atoms with van der Waals surface area (Å²) >= 11 is 1.20. The number of aryl methyl sites for hydroxylation is 1. The zero-order chi connectivity index (χ0) is 28.9. The molecule has 13 heteroatoms. The van der Waals surface area contributed by atoms with Gasteiger partial charge in [-0.25, -0.2) is 19.6 Å². The molecule has 0 bridgehead atoms. The second kappa shape index (κ2) is 12.8. The van der Waals surface area contributed by atoms with Crippen LogP contribution in [0, 0.1) is 6.92 Å². The molecule has 1 aliphatic heterocycles.